The molecule has 4 rings (SSSR count). The van der Waals surface area contributed by atoms with Crippen molar-refractivity contribution in [1.29, 1.82) is 0 Å². The van der Waals surface area contributed by atoms with E-state index in [1.165, 1.54) is 0 Å². The molecule has 0 aliphatic rings. The molecule has 2 aromatic carbocycles. The highest BCUT2D eigenvalue weighted by atomic mass is 16.5. The molecule has 0 fully saturated rings. The fourth-order valence-corrected chi connectivity index (χ4v) is 4.17. The van der Waals surface area contributed by atoms with Crippen molar-refractivity contribution in [1.82, 2.24) is 19.6 Å². The number of benzene rings is 2. The monoisotopic (exact) mass is 465 g/mol. The van der Waals surface area contributed by atoms with Gasteiger partial charge in [0.05, 0.1) is 27.4 Å². The number of ether oxygens (including phenoxy) is 3. The fourth-order valence-electron chi connectivity index (χ4n) is 4.17. The Hall–Kier alpha value is -3.59. The summed E-state index contributed by atoms with van der Waals surface area (Å²) in [7, 11) is 4.87. The third kappa shape index (κ3) is 4.43. The van der Waals surface area contributed by atoms with E-state index in [0.717, 1.165) is 16.7 Å². The standard InChI is InChI=1S/C25H31N5O4/c1-15(31)13-25(2,3)23-28-22-18-8-7-9-19(33-5)21(18)27-24(30(22)29-23)26-14-16-10-11-17(32-4)12-20(16)34-6/h7-12,15,31H,13-14H2,1-6H3,(H,26,27). The first-order chi connectivity index (χ1) is 16.3. The van der Waals surface area contributed by atoms with Gasteiger partial charge in [-0.25, -0.2) is 9.97 Å². The van der Waals surface area contributed by atoms with E-state index in [0.29, 0.717) is 47.4 Å². The largest absolute Gasteiger partial charge is 0.497 e. The van der Waals surface area contributed by atoms with Crippen molar-refractivity contribution in [3.8, 4) is 17.2 Å². The van der Waals surface area contributed by atoms with Gasteiger partial charge >= 0.3 is 0 Å². The minimum atomic E-state index is -0.475. The lowest BCUT2D eigenvalue weighted by atomic mass is 9.86. The number of fused-ring (bicyclic) bond motifs is 3. The van der Waals surface area contributed by atoms with Crippen molar-refractivity contribution in [2.75, 3.05) is 26.6 Å². The summed E-state index contributed by atoms with van der Waals surface area (Å²) in [6.45, 7) is 6.27. The molecule has 4 aromatic rings. The number of anilines is 1. The van der Waals surface area contributed by atoms with Gasteiger partial charge in [0.2, 0.25) is 5.95 Å². The number of hydrogen-bond acceptors (Lipinski definition) is 8. The fraction of sp³-hybridized carbons (Fsp3) is 0.400. The number of nitrogens with one attached hydrogen (secondary N) is 1. The lowest BCUT2D eigenvalue weighted by Crippen LogP contribution is -2.24. The molecule has 0 aliphatic heterocycles. The zero-order valence-corrected chi connectivity index (χ0v) is 20.4. The molecule has 0 bridgehead atoms. The van der Waals surface area contributed by atoms with Crippen LogP contribution in [-0.4, -0.2) is 52.1 Å². The molecule has 34 heavy (non-hydrogen) atoms. The van der Waals surface area contributed by atoms with E-state index in [1.54, 1.807) is 32.8 Å². The Kier molecular flexibility index (Phi) is 6.47. The first kappa shape index (κ1) is 23.6. The predicted octanol–water partition coefficient (Wildman–Crippen LogP) is 3.96. The third-order valence-electron chi connectivity index (χ3n) is 5.83. The van der Waals surface area contributed by atoms with Gasteiger partial charge in [0, 0.05) is 29.0 Å². The van der Waals surface area contributed by atoms with Crippen LogP contribution in [-0.2, 0) is 12.0 Å². The van der Waals surface area contributed by atoms with Crippen LogP contribution < -0.4 is 19.5 Å². The molecule has 0 aliphatic carbocycles. The van der Waals surface area contributed by atoms with Gasteiger partial charge in [-0.1, -0.05) is 19.9 Å². The smallest absolute Gasteiger partial charge is 0.226 e. The van der Waals surface area contributed by atoms with Crippen LogP contribution in [0.3, 0.4) is 0 Å². The Morgan fingerprint density at radius 3 is 2.47 bits per heavy atom. The Balaban J connectivity index is 1.83. The number of para-hydroxylation sites is 1. The van der Waals surface area contributed by atoms with Crippen LogP contribution in [0.1, 0.15) is 38.6 Å². The van der Waals surface area contributed by atoms with Crippen molar-refractivity contribution in [3.05, 3.63) is 47.8 Å². The maximum absolute atomic E-state index is 9.99. The molecule has 2 heterocycles. The molecule has 1 atom stereocenters. The zero-order valence-electron chi connectivity index (χ0n) is 20.4. The summed E-state index contributed by atoms with van der Waals surface area (Å²) in [5.74, 6) is 3.24. The predicted molar refractivity (Wildman–Crippen MR) is 131 cm³/mol. The van der Waals surface area contributed by atoms with Crippen LogP contribution in [0.4, 0.5) is 5.95 Å². The molecule has 180 valence electrons. The van der Waals surface area contributed by atoms with E-state index in [-0.39, 0.29) is 0 Å². The van der Waals surface area contributed by atoms with Crippen LogP contribution in [0.5, 0.6) is 17.2 Å². The topological polar surface area (TPSA) is 103 Å². The third-order valence-corrected chi connectivity index (χ3v) is 5.83. The maximum Gasteiger partial charge on any atom is 0.226 e. The lowest BCUT2D eigenvalue weighted by Gasteiger charge is -2.22. The van der Waals surface area contributed by atoms with Crippen molar-refractivity contribution in [2.24, 2.45) is 0 Å². The van der Waals surface area contributed by atoms with Gasteiger partial charge in [0.25, 0.3) is 0 Å². The van der Waals surface area contributed by atoms with Crippen LogP contribution in [0.25, 0.3) is 16.6 Å². The normalized spacial score (nSPS) is 12.7. The highest BCUT2D eigenvalue weighted by molar-refractivity contribution is 5.96. The molecule has 9 heteroatoms. The van der Waals surface area contributed by atoms with E-state index < -0.39 is 11.5 Å². The maximum atomic E-state index is 9.99. The molecule has 2 aromatic heterocycles. The lowest BCUT2D eigenvalue weighted by molar-refractivity contribution is 0.154. The summed E-state index contributed by atoms with van der Waals surface area (Å²) >= 11 is 0. The van der Waals surface area contributed by atoms with Gasteiger partial charge in [0.15, 0.2) is 11.5 Å². The number of aliphatic hydroxyl groups excluding tert-OH is 1. The Labute approximate surface area is 198 Å². The second kappa shape index (κ2) is 9.34. The second-order valence-corrected chi connectivity index (χ2v) is 8.93. The van der Waals surface area contributed by atoms with Gasteiger partial charge in [0.1, 0.15) is 22.8 Å². The number of methoxy groups -OCH3 is 3. The summed E-state index contributed by atoms with van der Waals surface area (Å²) < 4.78 is 18.1. The average molecular weight is 466 g/mol. The minimum Gasteiger partial charge on any atom is -0.497 e. The molecule has 2 N–H and O–H groups in total. The molecule has 0 spiro atoms. The van der Waals surface area contributed by atoms with Gasteiger partial charge < -0.3 is 24.6 Å². The minimum absolute atomic E-state index is 0.429. The van der Waals surface area contributed by atoms with E-state index >= 15 is 0 Å². The summed E-state index contributed by atoms with van der Waals surface area (Å²) in [6, 6.07) is 11.4. The number of aliphatic hydroxyl groups is 1. The molecular formula is C25H31N5O4. The van der Waals surface area contributed by atoms with Crippen LogP contribution in [0.2, 0.25) is 0 Å². The number of nitrogens with zero attached hydrogens (tertiary/aromatic N) is 4. The highest BCUT2D eigenvalue weighted by Crippen LogP contribution is 2.32. The molecule has 0 saturated carbocycles. The molecule has 0 amide bonds. The van der Waals surface area contributed by atoms with Crippen LogP contribution in [0, 0.1) is 0 Å². The highest BCUT2D eigenvalue weighted by Gasteiger charge is 2.29. The van der Waals surface area contributed by atoms with Crippen molar-refractivity contribution >= 4 is 22.5 Å². The summed E-state index contributed by atoms with van der Waals surface area (Å²) in [6.07, 6.45) is 0.0568. The van der Waals surface area contributed by atoms with E-state index in [9.17, 15) is 5.11 Å². The second-order valence-electron chi connectivity index (χ2n) is 8.93. The molecule has 1 unspecified atom stereocenters. The van der Waals surface area contributed by atoms with Gasteiger partial charge in [-0.05, 0) is 37.6 Å². The molecular weight excluding hydrogens is 434 g/mol. The van der Waals surface area contributed by atoms with Gasteiger partial charge in [-0.3, -0.25) is 0 Å². The summed E-state index contributed by atoms with van der Waals surface area (Å²) in [5, 5.41) is 19.0. The average Bonchev–Trinajstić information content (AvgIpc) is 3.28. The summed E-state index contributed by atoms with van der Waals surface area (Å²) in [5.41, 5.74) is 1.87. The quantitative estimate of drug-likeness (QED) is 0.383. The van der Waals surface area contributed by atoms with E-state index in [1.807, 2.05) is 50.2 Å². The van der Waals surface area contributed by atoms with E-state index in [2.05, 4.69) is 5.32 Å². The molecule has 0 radical (unpaired) electrons. The van der Waals surface area contributed by atoms with Crippen LogP contribution in [0.15, 0.2) is 36.4 Å². The number of aromatic nitrogens is 4. The Bertz CT molecular complexity index is 1320. The van der Waals surface area contributed by atoms with Gasteiger partial charge in [-0.15, -0.1) is 5.10 Å². The SMILES string of the molecule is COc1ccc(CNc2nc3c(OC)cccc3c3nc(C(C)(C)CC(C)O)nn23)c(OC)c1. The number of hydrogen-bond donors (Lipinski definition) is 2. The first-order valence-electron chi connectivity index (χ1n) is 11.1. The van der Waals surface area contributed by atoms with Crippen molar-refractivity contribution in [3.63, 3.8) is 0 Å². The van der Waals surface area contributed by atoms with Crippen molar-refractivity contribution in [2.45, 2.75) is 45.3 Å². The Morgan fingerprint density at radius 2 is 1.79 bits per heavy atom. The number of rotatable bonds is 9. The zero-order chi connectivity index (χ0) is 24.5. The first-order valence-corrected chi connectivity index (χ1v) is 11.1. The Morgan fingerprint density at radius 1 is 1.03 bits per heavy atom. The van der Waals surface area contributed by atoms with Gasteiger partial charge in [-0.2, -0.15) is 4.52 Å². The van der Waals surface area contributed by atoms with Crippen molar-refractivity contribution < 1.29 is 19.3 Å². The van der Waals surface area contributed by atoms with Crippen LogP contribution >= 0.6 is 0 Å². The molecule has 0 saturated heterocycles. The molecule has 9 nitrogen and oxygen atoms in total. The summed E-state index contributed by atoms with van der Waals surface area (Å²) in [4.78, 5) is 9.72. The van der Waals surface area contributed by atoms with E-state index in [4.69, 9.17) is 29.3 Å².